The number of aliphatic hydroxyl groups is 1. The van der Waals surface area contributed by atoms with Crippen LogP contribution in [0.15, 0.2) is 23.1 Å². The number of pyridine rings is 1. The van der Waals surface area contributed by atoms with Crippen molar-refractivity contribution >= 4 is 35.0 Å². The fourth-order valence-electron chi connectivity index (χ4n) is 13.6. The summed E-state index contributed by atoms with van der Waals surface area (Å²) in [5, 5.41) is 13.5. The lowest BCUT2D eigenvalue weighted by Crippen LogP contribution is -2.61. The van der Waals surface area contributed by atoms with Crippen molar-refractivity contribution < 1.29 is 85.9 Å². The van der Waals surface area contributed by atoms with Gasteiger partial charge in [0.15, 0.2) is 30.4 Å². The van der Waals surface area contributed by atoms with Crippen molar-refractivity contribution in [3.8, 4) is 0 Å². The van der Waals surface area contributed by atoms with Crippen LogP contribution < -0.4 is 5.43 Å². The first-order valence-corrected chi connectivity index (χ1v) is 30.1. The molecule has 0 saturated carbocycles. The lowest BCUT2D eigenvalue weighted by molar-refractivity contribution is -0.321. The van der Waals surface area contributed by atoms with E-state index in [4.69, 9.17) is 61.6 Å². The van der Waals surface area contributed by atoms with E-state index >= 15 is 0 Å². The number of aryl methyl sites for hydroxylation is 1. The minimum atomic E-state index is -1.64. The zero-order chi connectivity index (χ0) is 62.0. The van der Waals surface area contributed by atoms with Crippen molar-refractivity contribution in [3.63, 3.8) is 0 Å². The zero-order valence-corrected chi connectivity index (χ0v) is 53.0. The van der Waals surface area contributed by atoms with Gasteiger partial charge in [0.1, 0.15) is 23.5 Å². The average molecular weight is 1190 g/mol. The van der Waals surface area contributed by atoms with E-state index in [0.717, 1.165) is 16.6 Å². The number of nitrogens with zero attached hydrogens (tertiary/aromatic N) is 3. The molecule has 5 aliphatic rings. The Morgan fingerprint density at radius 1 is 0.893 bits per heavy atom. The first kappa shape index (κ1) is 67.2. The molecule has 1 unspecified atom stereocenters. The van der Waals surface area contributed by atoms with Crippen LogP contribution in [0, 0.1) is 17.8 Å². The van der Waals surface area contributed by atoms with Gasteiger partial charge in [0.2, 0.25) is 5.43 Å². The third-order valence-corrected chi connectivity index (χ3v) is 18.1. The van der Waals surface area contributed by atoms with Gasteiger partial charge >= 0.3 is 24.1 Å². The summed E-state index contributed by atoms with van der Waals surface area (Å²) < 4.78 is 83.7. The van der Waals surface area contributed by atoms with Crippen molar-refractivity contribution in [1.82, 2.24) is 14.4 Å². The van der Waals surface area contributed by atoms with Crippen LogP contribution in [0.3, 0.4) is 0 Å². The van der Waals surface area contributed by atoms with Gasteiger partial charge in [-0.05, 0) is 140 Å². The van der Waals surface area contributed by atoms with Crippen LogP contribution >= 0.6 is 0 Å². The number of esters is 3. The number of carbonyl (C=O) groups excluding carboxylic acids is 4. The Balaban J connectivity index is 1.10. The molecule has 0 spiro atoms. The quantitative estimate of drug-likeness (QED) is 0.0894. The highest BCUT2D eigenvalue weighted by Gasteiger charge is 2.59. The summed E-state index contributed by atoms with van der Waals surface area (Å²) in [7, 11) is 7.31. The van der Waals surface area contributed by atoms with Crippen LogP contribution in [0.4, 0.5) is 4.79 Å². The number of ether oxygens (including phenoxy) is 13. The van der Waals surface area contributed by atoms with E-state index in [2.05, 4.69) is 0 Å². The largest absolute Gasteiger partial charge is 0.509 e. The molecule has 2 aromatic rings. The molecule has 0 aliphatic carbocycles. The third-order valence-electron chi connectivity index (χ3n) is 18.1. The molecule has 1 aromatic heterocycles. The maximum absolute atomic E-state index is 15.0. The number of hydrogen-bond donors (Lipinski definition) is 1. The molecule has 0 radical (unpaired) electrons. The highest BCUT2D eigenvalue weighted by atomic mass is 16.8. The minimum Gasteiger partial charge on any atom is -0.462 e. The van der Waals surface area contributed by atoms with Crippen molar-refractivity contribution in [1.29, 1.82) is 0 Å². The highest BCUT2D eigenvalue weighted by molar-refractivity contribution is 5.95. The van der Waals surface area contributed by atoms with Crippen LogP contribution in [0.1, 0.15) is 151 Å². The first-order chi connectivity index (χ1) is 39.4. The second-order valence-corrected chi connectivity index (χ2v) is 25.6. The van der Waals surface area contributed by atoms with Gasteiger partial charge in [0, 0.05) is 62.7 Å². The van der Waals surface area contributed by atoms with E-state index < -0.39 is 120 Å². The standard InChI is InChI=1S/C62H97N3O19/c1-19-46-62(14)53(83-58(70)84-62)38(7)64(17)31-34(3)29-60(12,71)52(82-57-51(79-40(9)66)45(63(15)16)26-35(4)77-57)36(5)50(37(6)55(68)80-46)81-47-30-61(13,72-18)54(39(8)78-47)75-25-24-73-23-21-22-41-27-42-33-76-59(10,11)65-32-44(56(69)74-20-2)49(67)43(28-41)48(42)65/h27-28,32,34-39,45-47,50-54,57,71H,19-26,29-31,33H2,1-18H3/t34-,35-,36+,37-,38-,39+,45+,46-,47+,50+,51-,52-,53?,54+,57+,60-,61-,62-/m1/s1. The maximum atomic E-state index is 15.0. The summed E-state index contributed by atoms with van der Waals surface area (Å²) in [4.78, 5) is 71.4. The van der Waals surface area contributed by atoms with Crippen LogP contribution in [0.2, 0.25) is 0 Å². The molecule has 22 nitrogen and oxygen atoms in total. The average Bonchev–Trinajstić information content (AvgIpc) is 0.970. The summed E-state index contributed by atoms with van der Waals surface area (Å²) in [6.45, 7) is 27.1. The maximum Gasteiger partial charge on any atom is 0.509 e. The number of hydrogen-bond acceptors (Lipinski definition) is 21. The van der Waals surface area contributed by atoms with Crippen LogP contribution in [-0.2, 0) is 89.9 Å². The summed E-state index contributed by atoms with van der Waals surface area (Å²) >= 11 is 0. The molecule has 0 amide bonds. The summed E-state index contributed by atoms with van der Waals surface area (Å²) in [6, 6.07) is 3.19. The van der Waals surface area contributed by atoms with Crippen molar-refractivity contribution in [2.24, 2.45) is 17.8 Å². The highest BCUT2D eigenvalue weighted by Crippen LogP contribution is 2.43. The molecule has 0 bridgehead atoms. The Morgan fingerprint density at radius 2 is 1.61 bits per heavy atom. The molecule has 18 atom stereocenters. The summed E-state index contributed by atoms with van der Waals surface area (Å²) in [6.07, 6.45) is -5.38. The molecule has 1 N–H and O–H groups in total. The molecule has 4 fully saturated rings. The zero-order valence-electron chi connectivity index (χ0n) is 53.0. The fraction of sp³-hybridized carbons (Fsp3) is 0.790. The number of likely N-dealkylation sites (N-methyl/N-ethyl adjacent to an activating group) is 2. The Labute approximate surface area is 495 Å². The van der Waals surface area contributed by atoms with Gasteiger partial charge in [-0.15, -0.1) is 0 Å². The van der Waals surface area contributed by atoms with E-state index in [9.17, 15) is 29.1 Å². The van der Waals surface area contributed by atoms with E-state index in [1.807, 2.05) is 110 Å². The van der Waals surface area contributed by atoms with Gasteiger partial charge in [-0.1, -0.05) is 26.8 Å². The Kier molecular flexibility index (Phi) is 21.9. The van der Waals surface area contributed by atoms with Gasteiger partial charge in [-0.3, -0.25) is 19.3 Å². The summed E-state index contributed by atoms with van der Waals surface area (Å²) in [5.41, 5.74) is -2.67. The number of cyclic esters (lactones) is 1. The lowest BCUT2D eigenvalue weighted by atomic mass is 9.77. The lowest BCUT2D eigenvalue weighted by Gasteiger charge is -2.49. The SMILES string of the molecule is CCOC(=O)c1cn2c3c(cc(CCCOCCO[C@H]4[C@H](C)O[C@@H](O[C@H]5[C@H](C)[C@@H](O[C@@H]6O[C@H](C)C[C@H](N(C)C)[C@H]6OC(C)=O)[C@](C)(O)C[C@@H](C)CN(C)[C@H](C)C6OC(=O)O[C@]6(C)[C@@H](CC)OC(=O)[C@@H]5C)C[C@@]4(C)OC)cc3c1=O)COC2(C)C. The minimum absolute atomic E-state index is 0.0402. The van der Waals surface area contributed by atoms with E-state index in [1.165, 1.54) is 13.1 Å². The van der Waals surface area contributed by atoms with Crippen molar-refractivity contribution in [2.45, 2.75) is 238 Å². The predicted octanol–water partition coefficient (Wildman–Crippen LogP) is 7.04. The fourth-order valence-corrected chi connectivity index (χ4v) is 13.6. The molecule has 474 valence electrons. The number of fused-ring (bicyclic) bond motifs is 1. The molecule has 5 aliphatic heterocycles. The van der Waals surface area contributed by atoms with Crippen molar-refractivity contribution in [2.75, 3.05) is 61.2 Å². The molecule has 4 saturated heterocycles. The smallest absolute Gasteiger partial charge is 0.462 e. The molecule has 7 rings (SSSR count). The van der Waals surface area contributed by atoms with Gasteiger partial charge < -0.3 is 76.2 Å². The Bertz CT molecular complexity index is 2680. The van der Waals surface area contributed by atoms with E-state index in [1.54, 1.807) is 34.8 Å². The number of methoxy groups -OCH3 is 1. The Morgan fingerprint density at radius 3 is 2.26 bits per heavy atom. The molecule has 84 heavy (non-hydrogen) atoms. The van der Waals surface area contributed by atoms with Gasteiger partial charge in [-0.25, -0.2) is 9.59 Å². The van der Waals surface area contributed by atoms with Crippen LogP contribution in [0.5, 0.6) is 0 Å². The second kappa shape index (κ2) is 27.4. The van der Waals surface area contributed by atoms with E-state index in [0.29, 0.717) is 44.4 Å². The molecule has 6 heterocycles. The van der Waals surface area contributed by atoms with Crippen LogP contribution in [0.25, 0.3) is 10.9 Å². The second-order valence-electron chi connectivity index (χ2n) is 25.6. The predicted molar refractivity (Wildman–Crippen MR) is 308 cm³/mol. The van der Waals surface area contributed by atoms with Crippen molar-refractivity contribution in [3.05, 3.63) is 45.2 Å². The molecule has 22 heteroatoms. The molecule has 1 aromatic carbocycles. The van der Waals surface area contributed by atoms with E-state index in [-0.39, 0.29) is 68.1 Å². The normalized spacial score (nSPS) is 36.9. The molecular formula is C62H97N3O19. The number of carbonyl (C=O) groups is 4. The summed E-state index contributed by atoms with van der Waals surface area (Å²) in [5.74, 6) is -3.91. The van der Waals surface area contributed by atoms with Gasteiger partial charge in [0.05, 0.1) is 79.5 Å². The van der Waals surface area contributed by atoms with Gasteiger partial charge in [-0.2, -0.15) is 0 Å². The number of benzene rings is 1. The third kappa shape index (κ3) is 14.6. The Hall–Kier alpha value is -4.33. The topological polar surface area (TPSA) is 237 Å². The molecular weight excluding hydrogens is 1090 g/mol. The van der Waals surface area contributed by atoms with Gasteiger partial charge in [0.25, 0.3) is 0 Å². The number of aromatic nitrogens is 1. The van der Waals surface area contributed by atoms with Crippen LogP contribution in [-0.4, -0.2) is 195 Å². The first-order valence-electron chi connectivity index (χ1n) is 30.1. The number of rotatable bonds is 18. The monoisotopic (exact) mass is 1190 g/mol.